The van der Waals surface area contributed by atoms with Crippen LogP contribution in [0.4, 0.5) is 0 Å². The number of fused-ring (bicyclic) bond motifs is 1. The van der Waals surface area contributed by atoms with Crippen molar-refractivity contribution >= 4 is 16.9 Å². The minimum atomic E-state index is -0.771. The fourth-order valence-corrected chi connectivity index (χ4v) is 3.94. The number of carbonyl (C=O) groups is 1. The molecule has 0 saturated heterocycles. The summed E-state index contributed by atoms with van der Waals surface area (Å²) >= 11 is 0. The maximum absolute atomic E-state index is 10.9. The zero-order chi connectivity index (χ0) is 18.6. The number of nitrogens with one attached hydrogen (secondary N) is 1. The average Bonchev–Trinajstić information content (AvgIpc) is 3.35. The number of aromatic nitrogens is 1. The van der Waals surface area contributed by atoms with E-state index >= 15 is 0 Å². The largest absolute Gasteiger partial charge is 0.493 e. The highest BCUT2D eigenvalue weighted by Crippen LogP contribution is 2.34. The molecule has 4 heteroatoms. The van der Waals surface area contributed by atoms with Gasteiger partial charge in [0.05, 0.1) is 6.61 Å². The highest BCUT2D eigenvalue weighted by molar-refractivity contribution is 5.86. The molecule has 2 aromatic carbocycles. The molecule has 0 radical (unpaired) electrons. The van der Waals surface area contributed by atoms with Crippen LogP contribution in [0.1, 0.15) is 37.7 Å². The molecule has 2 N–H and O–H groups in total. The Bertz CT molecular complexity index is 938. The first kappa shape index (κ1) is 17.7. The van der Waals surface area contributed by atoms with Crippen LogP contribution in [-0.4, -0.2) is 22.7 Å². The van der Waals surface area contributed by atoms with Crippen molar-refractivity contribution < 1.29 is 14.6 Å². The van der Waals surface area contributed by atoms with E-state index in [1.54, 1.807) is 0 Å². The fourth-order valence-electron chi connectivity index (χ4n) is 3.94. The van der Waals surface area contributed by atoms with E-state index in [9.17, 15) is 4.79 Å². The molecule has 3 aromatic rings. The number of ether oxygens (including phenoxy) is 1. The maximum Gasteiger partial charge on any atom is 0.303 e. The van der Waals surface area contributed by atoms with Gasteiger partial charge in [-0.05, 0) is 72.0 Å². The summed E-state index contributed by atoms with van der Waals surface area (Å²) in [6.07, 6.45) is 7.71. The number of hydrogen-bond donors (Lipinski definition) is 2. The predicted octanol–water partition coefficient (Wildman–Crippen LogP) is 5.42. The Labute approximate surface area is 159 Å². The summed E-state index contributed by atoms with van der Waals surface area (Å²) in [6.45, 7) is 0.758. The van der Waals surface area contributed by atoms with E-state index in [0.29, 0.717) is 12.3 Å². The standard InChI is InChI=1S/C23H25NO3/c25-23(26)10-6-16-5-9-22(27-15-17-3-1-2-4-17)20(13-16)18-7-8-21-19(14-18)11-12-24-21/h5,7-9,11-14,17,24H,1-4,6,10,15H2,(H,25,26). The van der Waals surface area contributed by atoms with Crippen molar-refractivity contribution in [2.24, 2.45) is 5.92 Å². The van der Waals surface area contributed by atoms with Crippen LogP contribution >= 0.6 is 0 Å². The molecule has 140 valence electrons. The molecule has 1 aromatic heterocycles. The number of H-pyrrole nitrogens is 1. The van der Waals surface area contributed by atoms with Crippen LogP contribution < -0.4 is 4.74 Å². The third-order valence-electron chi connectivity index (χ3n) is 5.49. The Balaban J connectivity index is 1.64. The molecular formula is C23H25NO3. The zero-order valence-corrected chi connectivity index (χ0v) is 15.4. The zero-order valence-electron chi connectivity index (χ0n) is 15.4. The molecule has 0 amide bonds. The van der Waals surface area contributed by atoms with Gasteiger partial charge >= 0.3 is 5.97 Å². The monoisotopic (exact) mass is 363 g/mol. The fraction of sp³-hybridized carbons (Fsp3) is 0.348. The summed E-state index contributed by atoms with van der Waals surface area (Å²) in [5.74, 6) is 0.763. The number of carboxylic acids is 1. The first-order chi connectivity index (χ1) is 13.2. The van der Waals surface area contributed by atoms with Gasteiger partial charge in [0, 0.05) is 23.7 Å². The van der Waals surface area contributed by atoms with Gasteiger partial charge in [0.1, 0.15) is 5.75 Å². The number of aromatic amines is 1. The lowest BCUT2D eigenvalue weighted by molar-refractivity contribution is -0.136. The smallest absolute Gasteiger partial charge is 0.303 e. The Hall–Kier alpha value is -2.75. The van der Waals surface area contributed by atoms with Crippen molar-refractivity contribution in [1.29, 1.82) is 0 Å². The highest BCUT2D eigenvalue weighted by atomic mass is 16.5. The third-order valence-corrected chi connectivity index (χ3v) is 5.49. The van der Waals surface area contributed by atoms with E-state index in [4.69, 9.17) is 9.84 Å². The predicted molar refractivity (Wildman–Crippen MR) is 107 cm³/mol. The SMILES string of the molecule is O=C(O)CCc1ccc(OCC2CCCC2)c(-c2ccc3[nH]ccc3c2)c1. The number of carboxylic acid groups (broad SMARTS) is 1. The van der Waals surface area contributed by atoms with E-state index in [2.05, 4.69) is 35.3 Å². The Morgan fingerprint density at radius 2 is 1.96 bits per heavy atom. The Morgan fingerprint density at radius 1 is 1.11 bits per heavy atom. The van der Waals surface area contributed by atoms with Crippen LogP contribution in [0.5, 0.6) is 5.75 Å². The highest BCUT2D eigenvalue weighted by Gasteiger charge is 2.17. The second-order valence-electron chi connectivity index (χ2n) is 7.47. The third kappa shape index (κ3) is 4.16. The van der Waals surface area contributed by atoms with Crippen LogP contribution in [0.3, 0.4) is 0 Å². The number of rotatable bonds is 7. The number of hydrogen-bond acceptors (Lipinski definition) is 2. The van der Waals surface area contributed by atoms with Crippen molar-refractivity contribution in [2.45, 2.75) is 38.5 Å². The molecule has 0 aliphatic heterocycles. The second-order valence-corrected chi connectivity index (χ2v) is 7.47. The Kier molecular flexibility index (Phi) is 5.14. The van der Waals surface area contributed by atoms with Crippen molar-refractivity contribution in [3.8, 4) is 16.9 Å². The molecular weight excluding hydrogens is 338 g/mol. The molecule has 1 aliphatic carbocycles. The summed E-state index contributed by atoms with van der Waals surface area (Å²) in [7, 11) is 0. The van der Waals surface area contributed by atoms with E-state index in [-0.39, 0.29) is 6.42 Å². The van der Waals surface area contributed by atoms with Crippen LogP contribution in [0, 0.1) is 5.92 Å². The van der Waals surface area contributed by atoms with Gasteiger partial charge < -0.3 is 14.8 Å². The van der Waals surface area contributed by atoms with E-state index in [1.807, 2.05) is 18.3 Å². The molecule has 1 saturated carbocycles. The summed E-state index contributed by atoms with van der Waals surface area (Å²) in [5, 5.41) is 10.1. The first-order valence-electron chi connectivity index (χ1n) is 9.74. The number of benzene rings is 2. The quantitative estimate of drug-likeness (QED) is 0.589. The lowest BCUT2D eigenvalue weighted by Gasteiger charge is -2.16. The molecule has 0 atom stereocenters. The van der Waals surface area contributed by atoms with E-state index < -0.39 is 5.97 Å². The van der Waals surface area contributed by atoms with Gasteiger partial charge in [-0.15, -0.1) is 0 Å². The average molecular weight is 363 g/mol. The van der Waals surface area contributed by atoms with Crippen LogP contribution in [0.15, 0.2) is 48.7 Å². The maximum atomic E-state index is 10.9. The molecule has 1 aliphatic rings. The molecule has 1 fully saturated rings. The summed E-state index contributed by atoms with van der Waals surface area (Å²) in [4.78, 5) is 14.2. The second kappa shape index (κ2) is 7.87. The van der Waals surface area contributed by atoms with Gasteiger partial charge in [-0.25, -0.2) is 0 Å². The topological polar surface area (TPSA) is 62.3 Å². The minimum Gasteiger partial charge on any atom is -0.493 e. The molecule has 0 unspecified atom stereocenters. The number of aliphatic carboxylic acids is 1. The summed E-state index contributed by atoms with van der Waals surface area (Å²) < 4.78 is 6.23. The van der Waals surface area contributed by atoms with Gasteiger partial charge in [0.15, 0.2) is 0 Å². The normalized spacial score (nSPS) is 14.7. The van der Waals surface area contributed by atoms with Gasteiger partial charge in [-0.1, -0.05) is 25.0 Å². The van der Waals surface area contributed by atoms with Gasteiger partial charge in [-0.2, -0.15) is 0 Å². The van der Waals surface area contributed by atoms with Gasteiger partial charge in [-0.3, -0.25) is 4.79 Å². The molecule has 27 heavy (non-hydrogen) atoms. The van der Waals surface area contributed by atoms with Crippen molar-refractivity contribution in [3.05, 3.63) is 54.2 Å². The van der Waals surface area contributed by atoms with E-state index in [0.717, 1.165) is 39.9 Å². The van der Waals surface area contributed by atoms with E-state index in [1.165, 1.54) is 25.7 Å². The molecule has 0 spiro atoms. The van der Waals surface area contributed by atoms with Crippen LogP contribution in [0.2, 0.25) is 0 Å². The van der Waals surface area contributed by atoms with Gasteiger partial charge in [0.2, 0.25) is 0 Å². The molecule has 4 nitrogen and oxygen atoms in total. The first-order valence-corrected chi connectivity index (χ1v) is 9.74. The van der Waals surface area contributed by atoms with Crippen LogP contribution in [-0.2, 0) is 11.2 Å². The minimum absolute atomic E-state index is 0.137. The summed E-state index contributed by atoms with van der Waals surface area (Å²) in [6, 6.07) is 14.5. The van der Waals surface area contributed by atoms with Crippen molar-refractivity contribution in [1.82, 2.24) is 4.98 Å². The number of aryl methyl sites for hydroxylation is 1. The molecule has 0 bridgehead atoms. The van der Waals surface area contributed by atoms with Crippen molar-refractivity contribution in [3.63, 3.8) is 0 Å². The Morgan fingerprint density at radius 3 is 2.78 bits per heavy atom. The molecule has 1 heterocycles. The van der Waals surface area contributed by atoms with Crippen LogP contribution in [0.25, 0.3) is 22.0 Å². The lowest BCUT2D eigenvalue weighted by Crippen LogP contribution is -2.09. The van der Waals surface area contributed by atoms with Crippen molar-refractivity contribution in [2.75, 3.05) is 6.61 Å². The summed E-state index contributed by atoms with van der Waals surface area (Å²) in [5.41, 5.74) is 4.27. The lowest BCUT2D eigenvalue weighted by atomic mass is 9.98. The molecule has 4 rings (SSSR count). The van der Waals surface area contributed by atoms with Gasteiger partial charge in [0.25, 0.3) is 0 Å².